The number of hydrogen-bond donors (Lipinski definition) is 1. The largest absolute Gasteiger partial charge is 0.372 e. The number of carbonyl (C=O) groups is 2. The summed E-state index contributed by atoms with van der Waals surface area (Å²) < 4.78 is 5.59. The maximum Gasteiger partial charge on any atom is 0.251 e. The summed E-state index contributed by atoms with van der Waals surface area (Å²) >= 11 is 0. The predicted octanol–water partition coefficient (Wildman–Crippen LogP) is 1.36. The molecule has 21 heavy (non-hydrogen) atoms. The summed E-state index contributed by atoms with van der Waals surface area (Å²) in [5.74, 6) is -0.292. The highest BCUT2D eigenvalue weighted by Crippen LogP contribution is 2.10. The molecule has 2 rings (SSSR count). The molecule has 0 saturated carbocycles. The van der Waals surface area contributed by atoms with Gasteiger partial charge in [-0.05, 0) is 32.9 Å². The Hall–Kier alpha value is -1.88. The number of amides is 2. The van der Waals surface area contributed by atoms with Crippen LogP contribution in [-0.4, -0.2) is 48.6 Å². The van der Waals surface area contributed by atoms with Crippen molar-refractivity contribution in [1.29, 1.82) is 0 Å². The third-order valence-corrected chi connectivity index (χ3v) is 3.45. The molecule has 1 N–H and O–H groups in total. The Labute approximate surface area is 125 Å². The number of morpholine rings is 1. The van der Waals surface area contributed by atoms with Crippen molar-refractivity contribution in [1.82, 2.24) is 10.2 Å². The van der Waals surface area contributed by atoms with E-state index in [9.17, 15) is 9.59 Å². The second-order valence-corrected chi connectivity index (χ2v) is 5.61. The summed E-state index contributed by atoms with van der Waals surface area (Å²) in [6.45, 7) is 6.99. The number of aryl methyl sites for hydroxylation is 1. The van der Waals surface area contributed by atoms with Crippen LogP contribution >= 0.6 is 0 Å². The summed E-state index contributed by atoms with van der Waals surface area (Å²) in [5.41, 5.74) is 1.59. The van der Waals surface area contributed by atoms with Gasteiger partial charge < -0.3 is 15.0 Å². The minimum Gasteiger partial charge on any atom is -0.372 e. The van der Waals surface area contributed by atoms with Crippen LogP contribution in [0.3, 0.4) is 0 Å². The van der Waals surface area contributed by atoms with Gasteiger partial charge in [0, 0.05) is 18.7 Å². The quantitative estimate of drug-likeness (QED) is 0.914. The fourth-order valence-corrected chi connectivity index (χ4v) is 2.54. The molecule has 1 aromatic carbocycles. The summed E-state index contributed by atoms with van der Waals surface area (Å²) in [5, 5.41) is 2.68. The number of rotatable bonds is 3. The van der Waals surface area contributed by atoms with E-state index in [1.54, 1.807) is 17.0 Å². The van der Waals surface area contributed by atoms with E-state index >= 15 is 0 Å². The van der Waals surface area contributed by atoms with Crippen molar-refractivity contribution >= 4 is 11.8 Å². The summed E-state index contributed by atoms with van der Waals surface area (Å²) in [6.07, 6.45) is 0.0651. The lowest BCUT2D eigenvalue weighted by Crippen LogP contribution is -2.51. The number of nitrogens with one attached hydrogen (secondary N) is 1. The van der Waals surface area contributed by atoms with Crippen LogP contribution in [0.15, 0.2) is 24.3 Å². The first-order valence-electron chi connectivity index (χ1n) is 7.24. The zero-order valence-corrected chi connectivity index (χ0v) is 12.8. The van der Waals surface area contributed by atoms with Gasteiger partial charge in [-0.2, -0.15) is 0 Å². The van der Waals surface area contributed by atoms with Crippen molar-refractivity contribution in [3.63, 3.8) is 0 Å². The lowest BCUT2D eigenvalue weighted by Gasteiger charge is -2.35. The van der Waals surface area contributed by atoms with Crippen molar-refractivity contribution in [3.8, 4) is 0 Å². The molecule has 2 unspecified atom stereocenters. The van der Waals surface area contributed by atoms with E-state index in [2.05, 4.69) is 5.32 Å². The normalized spacial score (nSPS) is 22.0. The highest BCUT2D eigenvalue weighted by atomic mass is 16.5. The average molecular weight is 290 g/mol. The summed E-state index contributed by atoms with van der Waals surface area (Å²) in [4.78, 5) is 25.9. The summed E-state index contributed by atoms with van der Waals surface area (Å²) in [7, 11) is 0. The first-order valence-corrected chi connectivity index (χ1v) is 7.24. The molecule has 2 atom stereocenters. The SMILES string of the molecule is Cc1cccc(C(=O)NCC(=O)N2CC(C)OC(C)C2)c1. The molecule has 1 fully saturated rings. The van der Waals surface area contributed by atoms with E-state index < -0.39 is 0 Å². The van der Waals surface area contributed by atoms with Crippen molar-refractivity contribution < 1.29 is 14.3 Å². The first kappa shape index (κ1) is 15.5. The molecule has 1 saturated heterocycles. The van der Waals surface area contributed by atoms with Gasteiger partial charge in [-0.1, -0.05) is 17.7 Å². The lowest BCUT2D eigenvalue weighted by molar-refractivity contribution is -0.142. The van der Waals surface area contributed by atoms with Crippen molar-refractivity contribution in [2.45, 2.75) is 33.0 Å². The Morgan fingerprint density at radius 1 is 1.29 bits per heavy atom. The van der Waals surface area contributed by atoms with Crippen LogP contribution in [0.4, 0.5) is 0 Å². The first-order chi connectivity index (χ1) is 9.95. The van der Waals surface area contributed by atoms with Gasteiger partial charge in [-0.15, -0.1) is 0 Å². The third kappa shape index (κ3) is 4.29. The zero-order chi connectivity index (χ0) is 15.4. The van der Waals surface area contributed by atoms with Crippen molar-refractivity contribution in [2.75, 3.05) is 19.6 Å². The van der Waals surface area contributed by atoms with Gasteiger partial charge in [0.15, 0.2) is 0 Å². The number of nitrogens with zero attached hydrogens (tertiary/aromatic N) is 1. The fourth-order valence-electron chi connectivity index (χ4n) is 2.54. The van der Waals surface area contributed by atoms with Crippen molar-refractivity contribution in [3.05, 3.63) is 35.4 Å². The van der Waals surface area contributed by atoms with E-state index in [0.717, 1.165) is 5.56 Å². The Morgan fingerprint density at radius 2 is 1.95 bits per heavy atom. The van der Waals surface area contributed by atoms with Gasteiger partial charge in [0.2, 0.25) is 5.91 Å². The molecule has 1 heterocycles. The molecular weight excluding hydrogens is 268 g/mol. The Morgan fingerprint density at radius 3 is 2.57 bits per heavy atom. The minimum atomic E-state index is -0.221. The molecule has 5 nitrogen and oxygen atoms in total. The lowest BCUT2D eigenvalue weighted by atomic mass is 10.1. The van der Waals surface area contributed by atoms with Crippen LogP contribution in [0.25, 0.3) is 0 Å². The van der Waals surface area contributed by atoms with Gasteiger partial charge >= 0.3 is 0 Å². The van der Waals surface area contributed by atoms with Gasteiger partial charge in [0.1, 0.15) is 0 Å². The second kappa shape index (κ2) is 6.72. The van der Waals surface area contributed by atoms with Gasteiger partial charge in [0.05, 0.1) is 18.8 Å². The van der Waals surface area contributed by atoms with Crippen LogP contribution in [0.2, 0.25) is 0 Å². The molecule has 114 valence electrons. The van der Waals surface area contributed by atoms with Crippen LogP contribution < -0.4 is 5.32 Å². The molecule has 1 aliphatic heterocycles. The minimum absolute atomic E-state index is 0.0201. The van der Waals surface area contributed by atoms with Crippen LogP contribution in [0, 0.1) is 6.92 Å². The highest BCUT2D eigenvalue weighted by Gasteiger charge is 2.25. The molecule has 5 heteroatoms. The van der Waals surface area contributed by atoms with E-state index in [-0.39, 0.29) is 30.6 Å². The Bertz CT molecular complexity index is 520. The van der Waals surface area contributed by atoms with Crippen LogP contribution in [0.5, 0.6) is 0 Å². The molecule has 0 spiro atoms. The molecular formula is C16H22N2O3. The summed E-state index contributed by atoms with van der Waals surface area (Å²) in [6, 6.07) is 7.31. The molecule has 1 aromatic rings. The van der Waals surface area contributed by atoms with E-state index in [0.29, 0.717) is 18.7 Å². The number of ether oxygens (including phenoxy) is 1. The maximum atomic E-state index is 12.1. The Balaban J connectivity index is 1.87. The molecule has 1 aliphatic rings. The number of benzene rings is 1. The maximum absolute atomic E-state index is 12.1. The topological polar surface area (TPSA) is 58.6 Å². The van der Waals surface area contributed by atoms with Gasteiger partial charge in [-0.3, -0.25) is 9.59 Å². The molecule has 0 bridgehead atoms. The predicted molar refractivity (Wildman–Crippen MR) is 80.1 cm³/mol. The van der Waals surface area contributed by atoms with Gasteiger partial charge in [0.25, 0.3) is 5.91 Å². The number of hydrogen-bond acceptors (Lipinski definition) is 3. The Kier molecular flexibility index (Phi) is 4.96. The molecule has 0 radical (unpaired) electrons. The van der Waals surface area contributed by atoms with Crippen molar-refractivity contribution in [2.24, 2.45) is 0 Å². The van der Waals surface area contributed by atoms with E-state index in [1.807, 2.05) is 32.9 Å². The monoisotopic (exact) mass is 290 g/mol. The van der Waals surface area contributed by atoms with E-state index in [4.69, 9.17) is 4.74 Å². The van der Waals surface area contributed by atoms with Gasteiger partial charge in [-0.25, -0.2) is 0 Å². The third-order valence-electron chi connectivity index (χ3n) is 3.45. The van der Waals surface area contributed by atoms with E-state index in [1.165, 1.54) is 0 Å². The fraction of sp³-hybridized carbons (Fsp3) is 0.500. The average Bonchev–Trinajstić information content (AvgIpc) is 2.43. The molecule has 0 aliphatic carbocycles. The number of carbonyl (C=O) groups excluding carboxylic acids is 2. The smallest absolute Gasteiger partial charge is 0.251 e. The standard InChI is InChI=1S/C16H22N2O3/c1-11-5-4-6-14(7-11)16(20)17-8-15(19)18-9-12(2)21-13(3)10-18/h4-7,12-13H,8-10H2,1-3H3,(H,17,20). The molecule has 2 amide bonds. The second-order valence-electron chi connectivity index (χ2n) is 5.61. The van der Waals surface area contributed by atoms with Crippen LogP contribution in [0.1, 0.15) is 29.8 Å². The molecule has 0 aromatic heterocycles. The van der Waals surface area contributed by atoms with Crippen LogP contribution in [-0.2, 0) is 9.53 Å². The zero-order valence-electron chi connectivity index (χ0n) is 12.8. The highest BCUT2D eigenvalue weighted by molar-refractivity contribution is 5.96.